The third-order valence-corrected chi connectivity index (χ3v) is 3.40. The lowest BCUT2D eigenvalue weighted by molar-refractivity contribution is 0.242. The SMILES string of the molecule is CC(C)Oc1ccc(OS(=O)c2ccc(O)cc2)cc1. The van der Waals surface area contributed by atoms with Gasteiger partial charge in [0.25, 0.3) is 0 Å². The molecule has 0 aliphatic heterocycles. The van der Waals surface area contributed by atoms with E-state index in [0.29, 0.717) is 10.6 Å². The van der Waals surface area contributed by atoms with Gasteiger partial charge >= 0.3 is 0 Å². The van der Waals surface area contributed by atoms with Crippen LogP contribution in [0.3, 0.4) is 0 Å². The minimum absolute atomic E-state index is 0.105. The highest BCUT2D eigenvalue weighted by Crippen LogP contribution is 2.21. The van der Waals surface area contributed by atoms with E-state index in [-0.39, 0.29) is 11.9 Å². The highest BCUT2D eigenvalue weighted by atomic mass is 32.2. The Hall–Kier alpha value is -2.01. The van der Waals surface area contributed by atoms with Gasteiger partial charge < -0.3 is 14.0 Å². The van der Waals surface area contributed by atoms with Gasteiger partial charge in [-0.2, -0.15) is 0 Å². The van der Waals surface area contributed by atoms with E-state index in [1.54, 1.807) is 36.4 Å². The molecule has 1 N–H and O–H groups in total. The molecule has 2 aromatic rings. The van der Waals surface area contributed by atoms with Crippen LogP contribution in [0.2, 0.25) is 0 Å². The molecule has 0 heterocycles. The lowest BCUT2D eigenvalue weighted by atomic mass is 10.3. The van der Waals surface area contributed by atoms with Gasteiger partial charge in [0.1, 0.15) is 17.2 Å². The summed E-state index contributed by atoms with van der Waals surface area (Å²) >= 11 is -1.61. The van der Waals surface area contributed by atoms with E-state index < -0.39 is 11.1 Å². The van der Waals surface area contributed by atoms with Crippen LogP contribution in [-0.4, -0.2) is 15.4 Å². The van der Waals surface area contributed by atoms with Crippen LogP contribution in [0, 0.1) is 0 Å². The number of rotatable bonds is 5. The molecule has 1 unspecified atom stereocenters. The summed E-state index contributed by atoms with van der Waals surface area (Å²) < 4.78 is 22.8. The Labute approximate surface area is 120 Å². The van der Waals surface area contributed by atoms with Gasteiger partial charge in [-0.3, -0.25) is 0 Å². The fraction of sp³-hybridized carbons (Fsp3) is 0.200. The normalized spacial score (nSPS) is 12.2. The van der Waals surface area contributed by atoms with Crippen molar-refractivity contribution in [2.45, 2.75) is 24.8 Å². The van der Waals surface area contributed by atoms with Crippen molar-refractivity contribution >= 4 is 11.1 Å². The highest BCUT2D eigenvalue weighted by Gasteiger charge is 2.07. The monoisotopic (exact) mass is 292 g/mol. The number of hydrogen-bond acceptors (Lipinski definition) is 4. The van der Waals surface area contributed by atoms with Gasteiger partial charge in [0, 0.05) is 0 Å². The van der Waals surface area contributed by atoms with E-state index in [4.69, 9.17) is 8.92 Å². The molecule has 2 rings (SSSR count). The van der Waals surface area contributed by atoms with E-state index in [1.165, 1.54) is 12.1 Å². The lowest BCUT2D eigenvalue weighted by Crippen LogP contribution is -2.05. The molecule has 0 saturated heterocycles. The van der Waals surface area contributed by atoms with Crippen molar-refractivity contribution in [1.29, 1.82) is 0 Å². The lowest BCUT2D eigenvalue weighted by Gasteiger charge is -2.10. The van der Waals surface area contributed by atoms with Crippen LogP contribution in [-0.2, 0) is 11.1 Å². The molecular weight excluding hydrogens is 276 g/mol. The van der Waals surface area contributed by atoms with Gasteiger partial charge in [-0.1, -0.05) is 0 Å². The first kappa shape index (κ1) is 14.4. The molecule has 4 nitrogen and oxygen atoms in total. The summed E-state index contributed by atoms with van der Waals surface area (Å²) in [6.45, 7) is 3.90. The van der Waals surface area contributed by atoms with Crippen LogP contribution in [0.5, 0.6) is 17.2 Å². The van der Waals surface area contributed by atoms with E-state index in [9.17, 15) is 9.32 Å². The smallest absolute Gasteiger partial charge is 0.240 e. The summed E-state index contributed by atoms with van der Waals surface area (Å²) in [7, 11) is 0. The van der Waals surface area contributed by atoms with E-state index in [1.807, 2.05) is 13.8 Å². The second kappa shape index (κ2) is 6.43. The van der Waals surface area contributed by atoms with Crippen LogP contribution in [0.1, 0.15) is 13.8 Å². The molecule has 0 aliphatic carbocycles. The van der Waals surface area contributed by atoms with Gasteiger partial charge in [0.2, 0.25) is 11.1 Å². The van der Waals surface area contributed by atoms with E-state index >= 15 is 0 Å². The first-order chi connectivity index (χ1) is 9.54. The Balaban J connectivity index is 2.02. The molecule has 0 amide bonds. The minimum atomic E-state index is -1.61. The predicted molar refractivity (Wildman–Crippen MR) is 77.3 cm³/mol. The van der Waals surface area contributed by atoms with Crippen LogP contribution < -0.4 is 8.92 Å². The van der Waals surface area contributed by atoms with Crippen LogP contribution in [0.15, 0.2) is 53.4 Å². The molecule has 0 radical (unpaired) electrons. The molecule has 0 aliphatic rings. The second-order valence-electron chi connectivity index (χ2n) is 4.45. The first-order valence-electron chi connectivity index (χ1n) is 6.20. The molecule has 5 heteroatoms. The Morgan fingerprint density at radius 1 is 0.950 bits per heavy atom. The molecule has 0 fully saturated rings. The zero-order chi connectivity index (χ0) is 14.5. The van der Waals surface area contributed by atoms with E-state index in [2.05, 4.69) is 0 Å². The third kappa shape index (κ3) is 3.99. The standard InChI is InChI=1S/C15H16O4S/c1-11(2)18-13-5-7-14(8-6-13)19-20(17)15-9-3-12(16)4-10-15/h3-11,16H,1-2H3. The average Bonchev–Trinajstić information content (AvgIpc) is 2.41. The van der Waals surface area contributed by atoms with Gasteiger partial charge in [0.05, 0.1) is 11.0 Å². The Bertz CT molecular complexity index is 576. The molecule has 1 atom stereocenters. The number of ether oxygens (including phenoxy) is 1. The van der Waals surface area contributed by atoms with Crippen LogP contribution in [0.4, 0.5) is 0 Å². The van der Waals surface area contributed by atoms with Gasteiger partial charge in [0.15, 0.2) is 0 Å². The average molecular weight is 292 g/mol. The molecule has 2 aromatic carbocycles. The summed E-state index contributed by atoms with van der Waals surface area (Å²) in [6, 6.07) is 13.0. The summed E-state index contributed by atoms with van der Waals surface area (Å²) in [5, 5.41) is 9.18. The summed E-state index contributed by atoms with van der Waals surface area (Å²) in [5.74, 6) is 1.36. The number of phenols is 1. The van der Waals surface area contributed by atoms with Crippen molar-refractivity contribution in [3.8, 4) is 17.2 Å². The Kier molecular flexibility index (Phi) is 4.63. The number of phenolic OH excluding ortho intramolecular Hbond substituents is 1. The quantitative estimate of drug-likeness (QED) is 0.919. The van der Waals surface area contributed by atoms with E-state index in [0.717, 1.165) is 5.75 Å². The third-order valence-electron chi connectivity index (χ3n) is 2.40. The number of hydrogen-bond donors (Lipinski definition) is 1. The van der Waals surface area contributed by atoms with Crippen molar-refractivity contribution in [3.63, 3.8) is 0 Å². The van der Waals surface area contributed by atoms with Crippen molar-refractivity contribution in [2.75, 3.05) is 0 Å². The van der Waals surface area contributed by atoms with Crippen molar-refractivity contribution in [1.82, 2.24) is 0 Å². The van der Waals surface area contributed by atoms with Crippen molar-refractivity contribution in [3.05, 3.63) is 48.5 Å². The molecule has 20 heavy (non-hydrogen) atoms. The minimum Gasteiger partial charge on any atom is -0.508 e. The maximum atomic E-state index is 12.0. The van der Waals surface area contributed by atoms with Crippen LogP contribution in [0.25, 0.3) is 0 Å². The second-order valence-corrected chi connectivity index (χ2v) is 5.56. The Morgan fingerprint density at radius 3 is 2.05 bits per heavy atom. The fourth-order valence-corrected chi connectivity index (χ4v) is 2.28. The van der Waals surface area contributed by atoms with Gasteiger partial charge in [-0.05, 0) is 62.4 Å². The predicted octanol–water partition coefficient (Wildman–Crippen LogP) is 3.28. The maximum Gasteiger partial charge on any atom is 0.240 e. The van der Waals surface area contributed by atoms with Gasteiger partial charge in [-0.25, -0.2) is 4.21 Å². The van der Waals surface area contributed by atoms with Crippen molar-refractivity contribution < 1.29 is 18.2 Å². The zero-order valence-electron chi connectivity index (χ0n) is 11.3. The molecule has 0 spiro atoms. The zero-order valence-corrected chi connectivity index (χ0v) is 12.1. The molecule has 0 bridgehead atoms. The molecule has 0 saturated carbocycles. The summed E-state index contributed by atoms with van der Waals surface area (Å²) in [6.07, 6.45) is 0.105. The molecular formula is C15H16O4S. The summed E-state index contributed by atoms with van der Waals surface area (Å²) in [5.41, 5.74) is 0. The van der Waals surface area contributed by atoms with Crippen LogP contribution >= 0.6 is 0 Å². The fourth-order valence-electron chi connectivity index (χ4n) is 1.54. The highest BCUT2D eigenvalue weighted by molar-refractivity contribution is 7.80. The van der Waals surface area contributed by atoms with Gasteiger partial charge in [-0.15, -0.1) is 0 Å². The van der Waals surface area contributed by atoms with Crippen molar-refractivity contribution in [2.24, 2.45) is 0 Å². The largest absolute Gasteiger partial charge is 0.508 e. The first-order valence-corrected chi connectivity index (χ1v) is 7.28. The maximum absolute atomic E-state index is 12.0. The number of benzene rings is 2. The number of aromatic hydroxyl groups is 1. The summed E-state index contributed by atoms with van der Waals surface area (Å²) in [4.78, 5) is 0.491. The Morgan fingerprint density at radius 2 is 1.50 bits per heavy atom. The molecule has 0 aromatic heterocycles. The molecule has 106 valence electrons. The topological polar surface area (TPSA) is 55.8 Å².